The molecule has 0 saturated carbocycles. The Hall–Kier alpha value is -3.62. The highest BCUT2D eigenvalue weighted by Crippen LogP contribution is 2.34. The summed E-state index contributed by atoms with van der Waals surface area (Å²) >= 11 is 0. The Balaban J connectivity index is 1.20. The molecule has 0 spiro atoms. The molecule has 0 unspecified atom stereocenters. The van der Waals surface area contributed by atoms with Crippen molar-refractivity contribution >= 4 is 23.2 Å². The lowest BCUT2D eigenvalue weighted by molar-refractivity contribution is 0.0378. The van der Waals surface area contributed by atoms with Gasteiger partial charge in [-0.2, -0.15) is 0 Å². The number of hydrogen-bond donors (Lipinski definition) is 3. The van der Waals surface area contributed by atoms with Crippen LogP contribution in [-0.4, -0.2) is 56.1 Å². The van der Waals surface area contributed by atoms with Crippen molar-refractivity contribution < 1.29 is 18.7 Å². The van der Waals surface area contributed by atoms with E-state index in [0.29, 0.717) is 29.1 Å². The van der Waals surface area contributed by atoms with E-state index >= 15 is 0 Å². The number of nitrogens with one attached hydrogen (secondary N) is 3. The third-order valence-electron chi connectivity index (χ3n) is 6.23. The zero-order valence-electron chi connectivity index (χ0n) is 18.9. The maximum absolute atomic E-state index is 12.9. The van der Waals surface area contributed by atoms with Crippen LogP contribution in [0.25, 0.3) is 11.3 Å². The smallest absolute Gasteiger partial charge is 0.255 e. The fourth-order valence-electron chi connectivity index (χ4n) is 4.41. The second-order valence-electron chi connectivity index (χ2n) is 8.44. The van der Waals surface area contributed by atoms with Crippen molar-refractivity contribution in [1.82, 2.24) is 10.2 Å². The predicted octanol–water partition coefficient (Wildman–Crippen LogP) is 3.58. The Morgan fingerprint density at radius 3 is 2.65 bits per heavy atom. The van der Waals surface area contributed by atoms with Crippen LogP contribution in [0.1, 0.15) is 32.7 Å². The average molecular weight is 461 g/mol. The second-order valence-corrected chi connectivity index (χ2v) is 8.44. The SMILES string of the molecule is O=C(Nc1ccc(-c2ccco2)c2c1C(=O)NC2)c1ccc(NCCCN2CCOCC2)cc1. The molecule has 1 saturated heterocycles. The van der Waals surface area contributed by atoms with E-state index in [2.05, 4.69) is 20.9 Å². The molecule has 176 valence electrons. The number of carbonyl (C=O) groups is 2. The number of morpholine rings is 1. The molecule has 1 fully saturated rings. The predicted molar refractivity (Wildman–Crippen MR) is 130 cm³/mol. The van der Waals surface area contributed by atoms with Crippen LogP contribution < -0.4 is 16.0 Å². The van der Waals surface area contributed by atoms with Crippen molar-refractivity contribution in [3.8, 4) is 11.3 Å². The molecule has 2 aliphatic rings. The van der Waals surface area contributed by atoms with Gasteiger partial charge in [0.25, 0.3) is 11.8 Å². The molecule has 0 bridgehead atoms. The highest BCUT2D eigenvalue weighted by molar-refractivity contribution is 6.11. The van der Waals surface area contributed by atoms with Crippen molar-refractivity contribution in [3.05, 3.63) is 71.5 Å². The van der Waals surface area contributed by atoms with E-state index in [1.165, 1.54) is 0 Å². The lowest BCUT2D eigenvalue weighted by Crippen LogP contribution is -2.37. The van der Waals surface area contributed by atoms with Gasteiger partial charge in [0.05, 0.1) is 30.7 Å². The Morgan fingerprint density at radius 1 is 1.06 bits per heavy atom. The average Bonchev–Trinajstić information content (AvgIpc) is 3.54. The first kappa shape index (κ1) is 22.2. The normalized spacial score (nSPS) is 15.6. The zero-order valence-corrected chi connectivity index (χ0v) is 18.9. The van der Waals surface area contributed by atoms with Gasteiger partial charge in [0.2, 0.25) is 0 Å². The first-order chi connectivity index (χ1) is 16.7. The molecule has 2 amide bonds. The van der Waals surface area contributed by atoms with Gasteiger partial charge in [-0.15, -0.1) is 0 Å². The molecule has 5 rings (SSSR count). The van der Waals surface area contributed by atoms with Crippen molar-refractivity contribution in [3.63, 3.8) is 0 Å². The van der Waals surface area contributed by atoms with Crippen LogP contribution >= 0.6 is 0 Å². The summed E-state index contributed by atoms with van der Waals surface area (Å²) in [5, 5.41) is 9.16. The summed E-state index contributed by atoms with van der Waals surface area (Å²) < 4.78 is 10.9. The summed E-state index contributed by atoms with van der Waals surface area (Å²) in [5.74, 6) is 0.237. The summed E-state index contributed by atoms with van der Waals surface area (Å²) in [6.45, 7) is 5.96. The first-order valence-corrected chi connectivity index (χ1v) is 11.6. The Morgan fingerprint density at radius 2 is 1.88 bits per heavy atom. The van der Waals surface area contributed by atoms with Crippen molar-refractivity contribution in [2.45, 2.75) is 13.0 Å². The minimum absolute atomic E-state index is 0.199. The number of furan rings is 1. The molecular formula is C26H28N4O4. The minimum atomic E-state index is -0.258. The fraction of sp³-hybridized carbons (Fsp3) is 0.308. The Labute approximate surface area is 198 Å². The number of hydrogen-bond acceptors (Lipinski definition) is 6. The van der Waals surface area contributed by atoms with Crippen molar-refractivity contribution in [1.29, 1.82) is 0 Å². The van der Waals surface area contributed by atoms with E-state index in [-0.39, 0.29) is 11.8 Å². The number of carbonyl (C=O) groups excluding carboxylic acids is 2. The van der Waals surface area contributed by atoms with E-state index in [4.69, 9.17) is 9.15 Å². The summed E-state index contributed by atoms with van der Waals surface area (Å²) in [7, 11) is 0. The number of benzene rings is 2. The van der Waals surface area contributed by atoms with E-state index in [9.17, 15) is 9.59 Å². The highest BCUT2D eigenvalue weighted by Gasteiger charge is 2.27. The van der Waals surface area contributed by atoms with Gasteiger partial charge in [-0.3, -0.25) is 14.5 Å². The third kappa shape index (κ3) is 4.83. The molecule has 2 aliphatic heterocycles. The van der Waals surface area contributed by atoms with Gasteiger partial charge in [-0.05, 0) is 67.1 Å². The van der Waals surface area contributed by atoms with Crippen LogP contribution in [0.15, 0.2) is 59.2 Å². The van der Waals surface area contributed by atoms with Gasteiger partial charge in [-0.25, -0.2) is 0 Å². The molecule has 0 aliphatic carbocycles. The summed E-state index contributed by atoms with van der Waals surface area (Å²) in [4.78, 5) is 27.8. The fourth-order valence-corrected chi connectivity index (χ4v) is 4.41. The van der Waals surface area contributed by atoms with E-state index in [1.54, 1.807) is 24.5 Å². The molecule has 34 heavy (non-hydrogen) atoms. The number of anilines is 2. The maximum Gasteiger partial charge on any atom is 0.255 e. The van der Waals surface area contributed by atoms with Gasteiger partial charge in [0, 0.05) is 43.0 Å². The van der Waals surface area contributed by atoms with Crippen LogP contribution in [0.4, 0.5) is 11.4 Å². The van der Waals surface area contributed by atoms with E-state index in [1.807, 2.05) is 30.3 Å². The lowest BCUT2D eigenvalue weighted by atomic mass is 9.99. The maximum atomic E-state index is 12.9. The molecule has 8 nitrogen and oxygen atoms in total. The summed E-state index contributed by atoms with van der Waals surface area (Å²) in [5.41, 5.74) is 4.16. The van der Waals surface area contributed by atoms with Crippen LogP contribution in [0.5, 0.6) is 0 Å². The van der Waals surface area contributed by atoms with Gasteiger partial charge in [-0.1, -0.05) is 0 Å². The number of ether oxygens (including phenoxy) is 1. The number of fused-ring (bicyclic) bond motifs is 1. The molecule has 3 N–H and O–H groups in total. The lowest BCUT2D eigenvalue weighted by Gasteiger charge is -2.26. The van der Waals surface area contributed by atoms with Crippen molar-refractivity contribution in [2.24, 2.45) is 0 Å². The number of rotatable bonds is 8. The van der Waals surface area contributed by atoms with E-state index < -0.39 is 0 Å². The standard InChI is InChI=1S/C26H28N4O4/c31-25(18-4-6-19(7-5-18)27-10-2-11-30-12-15-33-16-13-30)29-22-9-8-20(23-3-1-14-34-23)21-17-28-26(32)24(21)22/h1,3-9,14,27H,2,10-13,15-17H2,(H,28,32)(H,29,31). The number of amides is 2. The van der Waals surface area contributed by atoms with E-state index in [0.717, 1.165) is 62.6 Å². The quantitative estimate of drug-likeness (QED) is 0.445. The molecule has 8 heteroatoms. The van der Waals surface area contributed by atoms with Crippen LogP contribution in [-0.2, 0) is 11.3 Å². The monoisotopic (exact) mass is 460 g/mol. The topological polar surface area (TPSA) is 95.8 Å². The zero-order chi connectivity index (χ0) is 23.3. The molecule has 0 atom stereocenters. The molecule has 3 heterocycles. The number of nitrogens with zero attached hydrogens (tertiary/aromatic N) is 1. The van der Waals surface area contributed by atoms with Gasteiger partial charge in [0.15, 0.2) is 0 Å². The van der Waals surface area contributed by atoms with Gasteiger partial charge >= 0.3 is 0 Å². The molecule has 0 radical (unpaired) electrons. The van der Waals surface area contributed by atoms with Gasteiger partial charge < -0.3 is 25.1 Å². The molecule has 3 aromatic rings. The van der Waals surface area contributed by atoms with Crippen LogP contribution in [0, 0.1) is 0 Å². The Kier molecular flexibility index (Phi) is 6.60. The molecule has 2 aromatic carbocycles. The highest BCUT2D eigenvalue weighted by atomic mass is 16.5. The molecular weight excluding hydrogens is 432 g/mol. The molecule has 1 aromatic heterocycles. The van der Waals surface area contributed by atoms with Gasteiger partial charge in [0.1, 0.15) is 5.76 Å². The summed E-state index contributed by atoms with van der Waals surface area (Å²) in [6, 6.07) is 14.7. The Bertz CT molecular complexity index is 1150. The minimum Gasteiger partial charge on any atom is -0.464 e. The van der Waals surface area contributed by atoms with Crippen LogP contribution in [0.2, 0.25) is 0 Å². The first-order valence-electron chi connectivity index (χ1n) is 11.6. The van der Waals surface area contributed by atoms with Crippen molar-refractivity contribution in [2.75, 3.05) is 50.0 Å². The summed E-state index contributed by atoms with van der Waals surface area (Å²) in [6.07, 6.45) is 2.65. The second kappa shape index (κ2) is 10.1. The third-order valence-corrected chi connectivity index (χ3v) is 6.23. The largest absolute Gasteiger partial charge is 0.464 e. The van der Waals surface area contributed by atoms with Crippen LogP contribution in [0.3, 0.4) is 0 Å².